The van der Waals surface area contributed by atoms with Crippen LogP contribution in [0, 0.1) is 0 Å². The van der Waals surface area contributed by atoms with Crippen LogP contribution in [0.15, 0.2) is 42.5 Å². The molecule has 0 radical (unpaired) electrons. The second-order valence-electron chi connectivity index (χ2n) is 4.38. The second-order valence-corrected chi connectivity index (χ2v) is 4.38. The summed E-state index contributed by atoms with van der Waals surface area (Å²) in [5.41, 5.74) is 4.02. The first-order valence-corrected chi connectivity index (χ1v) is 5.74. The van der Waals surface area contributed by atoms with Crippen LogP contribution < -0.4 is 5.43 Å². The average molecular weight is 230 g/mol. The van der Waals surface area contributed by atoms with E-state index >= 15 is 0 Å². The van der Waals surface area contributed by atoms with Crippen LogP contribution in [0.1, 0.15) is 11.7 Å². The lowest BCUT2D eigenvalue weighted by Gasteiger charge is -2.16. The van der Waals surface area contributed by atoms with Gasteiger partial charge in [0.25, 0.3) is 0 Å². The van der Waals surface area contributed by atoms with Gasteiger partial charge in [0.2, 0.25) is 0 Å². The van der Waals surface area contributed by atoms with Crippen LogP contribution in [0.25, 0.3) is 10.8 Å². The lowest BCUT2D eigenvalue weighted by atomic mass is 10.0. The van der Waals surface area contributed by atoms with E-state index in [-0.39, 0.29) is 0 Å². The lowest BCUT2D eigenvalue weighted by Crippen LogP contribution is -2.33. The topological polar surface area (TPSA) is 35.5 Å². The van der Waals surface area contributed by atoms with Gasteiger partial charge in [0.15, 0.2) is 0 Å². The van der Waals surface area contributed by atoms with E-state index in [0.29, 0.717) is 6.54 Å². The molecule has 2 N–H and O–H groups in total. The summed E-state index contributed by atoms with van der Waals surface area (Å²) in [4.78, 5) is 0. The Hall–Kier alpha value is -1.42. The highest BCUT2D eigenvalue weighted by molar-refractivity contribution is 5.83. The van der Waals surface area contributed by atoms with Gasteiger partial charge in [-0.2, -0.15) is 0 Å². The van der Waals surface area contributed by atoms with Gasteiger partial charge in [-0.3, -0.25) is 10.4 Å². The Morgan fingerprint density at radius 2 is 1.82 bits per heavy atom. The molecular formula is C14H18N2O. The highest BCUT2D eigenvalue weighted by Crippen LogP contribution is 2.19. The number of aliphatic hydroxyl groups is 1. The smallest absolute Gasteiger partial charge is 0.0928 e. The number of benzene rings is 2. The molecule has 0 aliphatic carbocycles. The summed E-state index contributed by atoms with van der Waals surface area (Å²) in [6.45, 7) is 0.519. The first-order chi connectivity index (χ1) is 8.16. The van der Waals surface area contributed by atoms with Gasteiger partial charge in [-0.05, 0) is 22.4 Å². The summed E-state index contributed by atoms with van der Waals surface area (Å²) in [6.07, 6.45) is -0.484. The average Bonchev–Trinajstić information content (AvgIpc) is 2.35. The molecule has 0 amide bonds. The molecule has 3 heteroatoms. The summed E-state index contributed by atoms with van der Waals surface area (Å²) < 4.78 is 0. The molecule has 90 valence electrons. The molecule has 1 atom stereocenters. The number of fused-ring (bicyclic) bond motifs is 1. The fraction of sp³-hybridized carbons (Fsp3) is 0.286. The minimum absolute atomic E-state index is 0.484. The third-order valence-corrected chi connectivity index (χ3v) is 2.76. The zero-order valence-electron chi connectivity index (χ0n) is 10.2. The monoisotopic (exact) mass is 230 g/mol. The molecule has 0 spiro atoms. The second kappa shape index (κ2) is 5.27. The van der Waals surface area contributed by atoms with Crippen LogP contribution in [0.3, 0.4) is 0 Å². The quantitative estimate of drug-likeness (QED) is 0.788. The highest BCUT2D eigenvalue weighted by atomic mass is 16.3. The number of hydrogen-bond donors (Lipinski definition) is 2. The molecule has 0 saturated heterocycles. The van der Waals surface area contributed by atoms with Gasteiger partial charge in [-0.25, -0.2) is 0 Å². The number of aliphatic hydroxyl groups excluding tert-OH is 1. The molecule has 0 heterocycles. The Labute approximate surface area is 102 Å². The van der Waals surface area contributed by atoms with Crippen molar-refractivity contribution in [2.75, 3.05) is 20.6 Å². The predicted octanol–water partition coefficient (Wildman–Crippen LogP) is 1.94. The maximum Gasteiger partial charge on any atom is 0.0928 e. The molecule has 2 aromatic carbocycles. The van der Waals surface area contributed by atoms with Crippen molar-refractivity contribution in [2.45, 2.75) is 6.10 Å². The van der Waals surface area contributed by atoms with Crippen molar-refractivity contribution in [3.8, 4) is 0 Å². The van der Waals surface area contributed by atoms with Crippen LogP contribution in [0.4, 0.5) is 0 Å². The minimum atomic E-state index is -0.484. The Morgan fingerprint density at radius 1 is 1.12 bits per heavy atom. The Kier molecular flexibility index (Phi) is 3.74. The molecule has 0 saturated carbocycles. The van der Waals surface area contributed by atoms with Crippen molar-refractivity contribution in [3.63, 3.8) is 0 Å². The largest absolute Gasteiger partial charge is 0.387 e. The van der Waals surface area contributed by atoms with Gasteiger partial charge in [-0.1, -0.05) is 36.4 Å². The van der Waals surface area contributed by atoms with E-state index in [2.05, 4.69) is 17.6 Å². The van der Waals surface area contributed by atoms with Crippen molar-refractivity contribution in [1.82, 2.24) is 10.4 Å². The Morgan fingerprint density at radius 3 is 2.53 bits per heavy atom. The van der Waals surface area contributed by atoms with Gasteiger partial charge in [0, 0.05) is 20.6 Å². The van der Waals surface area contributed by atoms with Crippen molar-refractivity contribution >= 4 is 10.8 Å². The lowest BCUT2D eigenvalue weighted by molar-refractivity contribution is 0.141. The molecule has 0 aromatic heterocycles. The van der Waals surface area contributed by atoms with E-state index in [1.165, 1.54) is 5.39 Å². The molecule has 0 fully saturated rings. The molecule has 17 heavy (non-hydrogen) atoms. The van der Waals surface area contributed by atoms with E-state index in [1.807, 2.05) is 49.4 Å². The van der Waals surface area contributed by atoms with Gasteiger partial charge in [0.1, 0.15) is 0 Å². The van der Waals surface area contributed by atoms with E-state index in [1.54, 1.807) is 0 Å². The molecular weight excluding hydrogens is 212 g/mol. The maximum atomic E-state index is 10.0. The fourth-order valence-corrected chi connectivity index (χ4v) is 1.80. The normalized spacial score (nSPS) is 13.2. The van der Waals surface area contributed by atoms with Gasteiger partial charge >= 0.3 is 0 Å². The first kappa shape index (κ1) is 12.0. The van der Waals surface area contributed by atoms with Crippen LogP contribution in [0.2, 0.25) is 0 Å². The SMILES string of the molecule is CN(C)NCC(O)c1ccc2ccccc2c1. The van der Waals surface area contributed by atoms with Crippen LogP contribution in [-0.4, -0.2) is 30.8 Å². The highest BCUT2D eigenvalue weighted by Gasteiger charge is 2.07. The van der Waals surface area contributed by atoms with Crippen LogP contribution >= 0.6 is 0 Å². The van der Waals surface area contributed by atoms with Gasteiger partial charge < -0.3 is 5.11 Å². The fourth-order valence-electron chi connectivity index (χ4n) is 1.80. The molecule has 0 aliphatic heterocycles. The first-order valence-electron chi connectivity index (χ1n) is 5.74. The Balaban J connectivity index is 2.18. The third-order valence-electron chi connectivity index (χ3n) is 2.76. The molecule has 0 aliphatic rings. The van der Waals surface area contributed by atoms with Crippen molar-refractivity contribution in [3.05, 3.63) is 48.0 Å². The maximum absolute atomic E-state index is 10.0. The Bertz CT molecular complexity index is 496. The standard InChI is InChI=1S/C14H18N2O/c1-16(2)15-10-14(17)13-8-7-11-5-3-4-6-12(11)9-13/h3-9,14-15,17H,10H2,1-2H3. The van der Waals surface area contributed by atoms with E-state index < -0.39 is 6.10 Å². The van der Waals surface area contributed by atoms with Gasteiger partial charge in [-0.15, -0.1) is 0 Å². The predicted molar refractivity (Wildman–Crippen MR) is 70.6 cm³/mol. The summed E-state index contributed by atoms with van der Waals surface area (Å²) in [5.74, 6) is 0. The van der Waals surface area contributed by atoms with Gasteiger partial charge in [0.05, 0.1) is 6.10 Å². The zero-order chi connectivity index (χ0) is 12.3. The summed E-state index contributed by atoms with van der Waals surface area (Å²) >= 11 is 0. The summed E-state index contributed by atoms with van der Waals surface area (Å²) in [7, 11) is 3.82. The van der Waals surface area contributed by atoms with Crippen molar-refractivity contribution in [2.24, 2.45) is 0 Å². The number of nitrogens with one attached hydrogen (secondary N) is 1. The zero-order valence-corrected chi connectivity index (χ0v) is 10.2. The number of hydrazine groups is 1. The molecule has 3 nitrogen and oxygen atoms in total. The number of rotatable bonds is 4. The van der Waals surface area contributed by atoms with Crippen molar-refractivity contribution in [1.29, 1.82) is 0 Å². The molecule has 2 aromatic rings. The number of hydrogen-bond acceptors (Lipinski definition) is 3. The van der Waals surface area contributed by atoms with E-state index in [0.717, 1.165) is 10.9 Å². The van der Waals surface area contributed by atoms with E-state index in [9.17, 15) is 5.11 Å². The van der Waals surface area contributed by atoms with Crippen LogP contribution in [0.5, 0.6) is 0 Å². The molecule has 2 rings (SSSR count). The summed E-state index contributed by atoms with van der Waals surface area (Å²) in [6, 6.07) is 14.2. The number of nitrogens with zero attached hydrogens (tertiary/aromatic N) is 1. The summed E-state index contributed by atoms with van der Waals surface area (Å²) in [5, 5.41) is 14.2. The third kappa shape index (κ3) is 3.03. The van der Waals surface area contributed by atoms with Crippen LogP contribution in [-0.2, 0) is 0 Å². The van der Waals surface area contributed by atoms with E-state index in [4.69, 9.17) is 0 Å². The van der Waals surface area contributed by atoms with Crippen molar-refractivity contribution < 1.29 is 5.11 Å². The molecule has 0 bridgehead atoms. The minimum Gasteiger partial charge on any atom is -0.387 e. The molecule has 1 unspecified atom stereocenters.